The predicted molar refractivity (Wildman–Crippen MR) is 97.4 cm³/mol. The summed E-state index contributed by atoms with van der Waals surface area (Å²) >= 11 is 0. The van der Waals surface area contributed by atoms with Crippen LogP contribution in [0.3, 0.4) is 0 Å². The molecular weight excluding hydrogens is 284 g/mol. The summed E-state index contributed by atoms with van der Waals surface area (Å²) in [6.07, 6.45) is 1.08. The molecule has 0 fully saturated rings. The molecule has 2 aromatic carbocycles. The molecule has 2 aromatic rings. The minimum absolute atomic E-state index is 0.162. The van der Waals surface area contributed by atoms with Gasteiger partial charge in [0, 0.05) is 6.04 Å². The molecule has 23 heavy (non-hydrogen) atoms. The molecule has 0 aliphatic heterocycles. The smallest absolute Gasteiger partial charge is 0.225 e. The van der Waals surface area contributed by atoms with Gasteiger partial charge in [0.25, 0.3) is 0 Å². The zero-order valence-corrected chi connectivity index (χ0v) is 14.6. The molecule has 3 nitrogen and oxygen atoms in total. The van der Waals surface area contributed by atoms with E-state index in [1.165, 1.54) is 5.56 Å². The summed E-state index contributed by atoms with van der Waals surface area (Å²) < 4.78 is 0. The van der Waals surface area contributed by atoms with Gasteiger partial charge in [0.15, 0.2) is 0 Å². The van der Waals surface area contributed by atoms with Crippen molar-refractivity contribution in [2.24, 2.45) is 11.7 Å². The molecule has 0 saturated heterocycles. The van der Waals surface area contributed by atoms with Crippen LogP contribution < -0.4 is 11.1 Å². The normalized spacial score (nSPS) is 14.1. The maximum absolute atomic E-state index is 12.2. The highest BCUT2D eigenvalue weighted by Gasteiger charge is 2.27. The topological polar surface area (TPSA) is 55.1 Å². The largest absolute Gasteiger partial charge is 0.369 e. The Morgan fingerprint density at radius 3 is 2.43 bits per heavy atom. The van der Waals surface area contributed by atoms with Gasteiger partial charge in [-0.25, -0.2) is 0 Å². The lowest BCUT2D eigenvalue weighted by atomic mass is 9.80. The molecule has 0 aliphatic rings. The maximum atomic E-state index is 12.2. The standard InChI is InChI=1S/C20H28N2O/c1-5-12-22-14(4)16-11-10-15-8-6-7-9-17(15)19(16)18(13(2)3)20(21)23/h6-11,13-14,18,22H,5,12H2,1-4H3,(H2,21,23). The number of fused-ring (bicyclic) bond motifs is 1. The van der Waals surface area contributed by atoms with E-state index in [9.17, 15) is 4.79 Å². The van der Waals surface area contributed by atoms with Crippen LogP contribution in [0.1, 0.15) is 57.2 Å². The second kappa shape index (κ2) is 7.60. The second-order valence-corrected chi connectivity index (χ2v) is 6.59. The SMILES string of the molecule is CCCNC(C)c1ccc2ccccc2c1C(C(N)=O)C(C)C. The van der Waals surface area contributed by atoms with E-state index < -0.39 is 0 Å². The highest BCUT2D eigenvalue weighted by molar-refractivity contribution is 5.93. The number of hydrogen-bond acceptors (Lipinski definition) is 2. The number of benzene rings is 2. The fourth-order valence-electron chi connectivity index (χ4n) is 3.31. The predicted octanol–water partition coefficient (Wildman–Crippen LogP) is 4.13. The fraction of sp³-hybridized carbons (Fsp3) is 0.450. The monoisotopic (exact) mass is 312 g/mol. The van der Waals surface area contributed by atoms with Crippen molar-refractivity contribution in [3.05, 3.63) is 47.5 Å². The summed E-state index contributed by atoms with van der Waals surface area (Å²) in [4.78, 5) is 12.2. The van der Waals surface area contributed by atoms with Crippen LogP contribution in [0.2, 0.25) is 0 Å². The van der Waals surface area contributed by atoms with Crippen LogP contribution in [0.4, 0.5) is 0 Å². The molecule has 0 aromatic heterocycles. The zero-order valence-electron chi connectivity index (χ0n) is 14.6. The van der Waals surface area contributed by atoms with Gasteiger partial charge in [0.2, 0.25) is 5.91 Å². The molecule has 0 aliphatic carbocycles. The van der Waals surface area contributed by atoms with Gasteiger partial charge in [0.1, 0.15) is 0 Å². The molecule has 2 rings (SSSR count). The third kappa shape index (κ3) is 3.73. The van der Waals surface area contributed by atoms with Gasteiger partial charge >= 0.3 is 0 Å². The van der Waals surface area contributed by atoms with Crippen LogP contribution in [0.15, 0.2) is 36.4 Å². The van der Waals surface area contributed by atoms with Gasteiger partial charge in [0.05, 0.1) is 5.92 Å². The Balaban J connectivity index is 2.66. The van der Waals surface area contributed by atoms with Gasteiger partial charge in [-0.15, -0.1) is 0 Å². The molecule has 0 bridgehead atoms. The van der Waals surface area contributed by atoms with E-state index in [0.29, 0.717) is 0 Å². The first-order valence-electron chi connectivity index (χ1n) is 8.51. The summed E-state index contributed by atoms with van der Waals surface area (Å²) in [5.41, 5.74) is 8.03. The first-order valence-corrected chi connectivity index (χ1v) is 8.51. The zero-order chi connectivity index (χ0) is 17.0. The number of hydrogen-bond donors (Lipinski definition) is 2. The van der Waals surface area contributed by atoms with Crippen molar-refractivity contribution < 1.29 is 4.79 Å². The van der Waals surface area contributed by atoms with Crippen LogP contribution in [0.25, 0.3) is 10.8 Å². The van der Waals surface area contributed by atoms with Crippen molar-refractivity contribution in [3.8, 4) is 0 Å². The molecule has 1 amide bonds. The quantitative estimate of drug-likeness (QED) is 0.808. The fourth-order valence-corrected chi connectivity index (χ4v) is 3.31. The average molecular weight is 312 g/mol. The molecule has 2 unspecified atom stereocenters. The van der Waals surface area contributed by atoms with E-state index in [2.05, 4.69) is 57.3 Å². The lowest BCUT2D eigenvalue weighted by molar-refractivity contribution is -0.120. The Hall–Kier alpha value is -1.87. The Morgan fingerprint density at radius 1 is 1.13 bits per heavy atom. The van der Waals surface area contributed by atoms with Crippen LogP contribution in [0.5, 0.6) is 0 Å². The van der Waals surface area contributed by atoms with Crippen LogP contribution in [0, 0.1) is 5.92 Å². The third-order valence-corrected chi connectivity index (χ3v) is 4.46. The van der Waals surface area contributed by atoms with Gasteiger partial charge in [-0.3, -0.25) is 4.79 Å². The molecular formula is C20H28N2O. The van der Waals surface area contributed by atoms with Crippen molar-refractivity contribution in [1.82, 2.24) is 5.32 Å². The number of carbonyl (C=O) groups is 1. The minimum Gasteiger partial charge on any atom is -0.369 e. The van der Waals surface area contributed by atoms with Crippen LogP contribution >= 0.6 is 0 Å². The Labute approximate surface area is 139 Å². The Kier molecular flexibility index (Phi) is 5.78. The highest BCUT2D eigenvalue weighted by Crippen LogP contribution is 2.36. The summed E-state index contributed by atoms with van der Waals surface area (Å²) in [6.45, 7) is 9.38. The lowest BCUT2D eigenvalue weighted by Crippen LogP contribution is -2.29. The molecule has 3 N–H and O–H groups in total. The summed E-state index contributed by atoms with van der Waals surface area (Å²) in [5.74, 6) is -0.363. The molecule has 124 valence electrons. The van der Waals surface area contributed by atoms with Gasteiger partial charge in [-0.05, 0) is 47.7 Å². The first-order chi connectivity index (χ1) is 11.0. The molecule has 0 saturated carbocycles. The molecule has 0 radical (unpaired) electrons. The van der Waals surface area contributed by atoms with E-state index in [4.69, 9.17) is 5.73 Å². The van der Waals surface area contributed by atoms with E-state index in [0.717, 1.165) is 29.3 Å². The maximum Gasteiger partial charge on any atom is 0.225 e. The lowest BCUT2D eigenvalue weighted by Gasteiger charge is -2.26. The van der Waals surface area contributed by atoms with Crippen molar-refractivity contribution in [2.45, 2.75) is 46.1 Å². The number of rotatable bonds is 7. The highest BCUT2D eigenvalue weighted by atomic mass is 16.1. The Morgan fingerprint density at radius 2 is 1.83 bits per heavy atom. The number of carbonyl (C=O) groups excluding carboxylic acids is 1. The van der Waals surface area contributed by atoms with Crippen molar-refractivity contribution >= 4 is 16.7 Å². The third-order valence-electron chi connectivity index (χ3n) is 4.46. The van der Waals surface area contributed by atoms with Crippen LogP contribution in [-0.4, -0.2) is 12.5 Å². The number of amides is 1. The molecule has 2 atom stereocenters. The number of nitrogens with one attached hydrogen (secondary N) is 1. The molecule has 3 heteroatoms. The Bertz CT molecular complexity index is 678. The number of primary amides is 1. The van der Waals surface area contributed by atoms with E-state index in [-0.39, 0.29) is 23.8 Å². The first kappa shape index (κ1) is 17.5. The summed E-state index contributed by atoms with van der Waals surface area (Å²) in [7, 11) is 0. The average Bonchev–Trinajstić information content (AvgIpc) is 2.52. The molecule has 0 heterocycles. The van der Waals surface area contributed by atoms with Crippen molar-refractivity contribution in [1.29, 1.82) is 0 Å². The van der Waals surface area contributed by atoms with Crippen molar-refractivity contribution in [2.75, 3.05) is 6.54 Å². The van der Waals surface area contributed by atoms with Gasteiger partial charge in [-0.1, -0.05) is 57.2 Å². The van der Waals surface area contributed by atoms with E-state index in [1.54, 1.807) is 0 Å². The summed E-state index contributed by atoms with van der Waals surface area (Å²) in [5, 5.41) is 5.82. The van der Waals surface area contributed by atoms with E-state index in [1.807, 2.05) is 12.1 Å². The van der Waals surface area contributed by atoms with Gasteiger partial charge in [-0.2, -0.15) is 0 Å². The second-order valence-electron chi connectivity index (χ2n) is 6.59. The number of nitrogens with two attached hydrogens (primary N) is 1. The molecule has 0 spiro atoms. The van der Waals surface area contributed by atoms with Gasteiger partial charge < -0.3 is 11.1 Å². The minimum atomic E-state index is -0.276. The van der Waals surface area contributed by atoms with Crippen molar-refractivity contribution in [3.63, 3.8) is 0 Å². The van der Waals surface area contributed by atoms with E-state index >= 15 is 0 Å². The summed E-state index contributed by atoms with van der Waals surface area (Å²) in [6, 6.07) is 12.7. The van der Waals surface area contributed by atoms with Crippen LogP contribution in [-0.2, 0) is 4.79 Å².